The number of hydrogen-bond acceptors (Lipinski definition) is 5. The van der Waals surface area contributed by atoms with E-state index in [9.17, 15) is 9.90 Å². The number of carboxylic acids is 1. The summed E-state index contributed by atoms with van der Waals surface area (Å²) in [5, 5.41) is 13.5. The Bertz CT molecular complexity index is 650. The molecule has 0 fully saturated rings. The lowest BCUT2D eigenvalue weighted by molar-refractivity contribution is 0.0701. The summed E-state index contributed by atoms with van der Waals surface area (Å²) in [6.07, 6.45) is 3.69. The molecule has 0 saturated heterocycles. The lowest BCUT2D eigenvalue weighted by Gasteiger charge is -2.23. The van der Waals surface area contributed by atoms with E-state index in [0.29, 0.717) is 10.8 Å². The van der Waals surface area contributed by atoms with Gasteiger partial charge in [0.25, 0.3) is 0 Å². The summed E-state index contributed by atoms with van der Waals surface area (Å²) in [5.74, 6) is 0.392. The van der Waals surface area contributed by atoms with E-state index in [4.69, 9.17) is 0 Å². The molecule has 2 heterocycles. The van der Waals surface area contributed by atoms with Crippen LogP contribution in [-0.2, 0) is 0 Å². The van der Waals surface area contributed by atoms with Crippen LogP contribution >= 0.6 is 11.3 Å². The summed E-state index contributed by atoms with van der Waals surface area (Å²) < 4.78 is 0. The van der Waals surface area contributed by atoms with Crippen LogP contribution in [0.5, 0.6) is 0 Å². The Hall–Kier alpha value is -1.69. The largest absolute Gasteiger partial charge is 0.477 e. The average Bonchev–Trinajstić information content (AvgIpc) is 2.79. The van der Waals surface area contributed by atoms with Gasteiger partial charge in [-0.15, -0.1) is 11.3 Å². The van der Waals surface area contributed by atoms with Crippen molar-refractivity contribution in [2.75, 3.05) is 5.32 Å². The molecule has 6 heteroatoms. The molecule has 1 atom stereocenters. The van der Waals surface area contributed by atoms with Gasteiger partial charge in [0.05, 0.1) is 5.39 Å². The van der Waals surface area contributed by atoms with Crippen LogP contribution in [0.25, 0.3) is 10.2 Å². The fourth-order valence-electron chi connectivity index (χ4n) is 2.71. The van der Waals surface area contributed by atoms with Crippen molar-refractivity contribution < 1.29 is 9.90 Å². The van der Waals surface area contributed by atoms with Gasteiger partial charge in [-0.3, -0.25) is 0 Å². The number of nitrogens with zero attached hydrogens (tertiary/aromatic N) is 2. The first-order valence-electron chi connectivity index (χ1n) is 7.23. The normalized spacial score (nSPS) is 12.8. The molecule has 2 aromatic heterocycles. The number of rotatable bonds is 6. The number of carbonyl (C=O) groups is 1. The van der Waals surface area contributed by atoms with Crippen LogP contribution in [0.4, 0.5) is 5.82 Å². The number of nitrogens with one attached hydrogen (secondary N) is 1. The predicted octanol–water partition coefficient (Wildman–Crippen LogP) is 3.93. The number of carboxylic acid groups (broad SMARTS) is 1. The predicted molar refractivity (Wildman–Crippen MR) is 86.3 cm³/mol. The smallest absolute Gasteiger partial charge is 0.346 e. The van der Waals surface area contributed by atoms with Crippen molar-refractivity contribution in [1.82, 2.24) is 9.97 Å². The molecule has 5 nitrogen and oxygen atoms in total. The molecule has 0 radical (unpaired) electrons. The lowest BCUT2D eigenvalue weighted by atomic mass is 9.95. The quantitative estimate of drug-likeness (QED) is 0.845. The molecule has 0 aliphatic heterocycles. The maximum absolute atomic E-state index is 11.3. The summed E-state index contributed by atoms with van der Waals surface area (Å²) in [6.45, 7) is 8.32. The monoisotopic (exact) mass is 307 g/mol. The second kappa shape index (κ2) is 6.39. The molecule has 0 aliphatic rings. The second-order valence-electron chi connectivity index (χ2n) is 5.27. The molecule has 2 aromatic rings. The molecule has 0 aromatic carbocycles. The third-order valence-electron chi connectivity index (χ3n) is 4.04. The number of anilines is 1. The van der Waals surface area contributed by atoms with E-state index in [0.717, 1.165) is 34.4 Å². The van der Waals surface area contributed by atoms with Gasteiger partial charge < -0.3 is 10.4 Å². The van der Waals surface area contributed by atoms with Crippen LogP contribution in [0.2, 0.25) is 0 Å². The van der Waals surface area contributed by atoms with E-state index in [1.165, 1.54) is 17.7 Å². The molecule has 21 heavy (non-hydrogen) atoms. The Morgan fingerprint density at radius 3 is 2.62 bits per heavy atom. The molecule has 0 aliphatic carbocycles. The van der Waals surface area contributed by atoms with Crippen LogP contribution in [0, 0.1) is 12.8 Å². The first-order valence-corrected chi connectivity index (χ1v) is 8.05. The van der Waals surface area contributed by atoms with Crippen LogP contribution in [0.1, 0.15) is 48.8 Å². The van der Waals surface area contributed by atoms with E-state index >= 15 is 0 Å². The van der Waals surface area contributed by atoms with Crippen molar-refractivity contribution in [1.29, 1.82) is 0 Å². The average molecular weight is 307 g/mol. The van der Waals surface area contributed by atoms with Gasteiger partial charge in [0.2, 0.25) is 0 Å². The van der Waals surface area contributed by atoms with Gasteiger partial charge in [0.15, 0.2) is 0 Å². The Morgan fingerprint density at radius 2 is 2.05 bits per heavy atom. The van der Waals surface area contributed by atoms with Crippen molar-refractivity contribution >= 4 is 33.3 Å². The number of thiophene rings is 1. The van der Waals surface area contributed by atoms with E-state index in [-0.39, 0.29) is 6.04 Å². The minimum atomic E-state index is -0.908. The molecule has 0 amide bonds. The molecule has 0 spiro atoms. The zero-order valence-corrected chi connectivity index (χ0v) is 13.6. The summed E-state index contributed by atoms with van der Waals surface area (Å²) in [5.41, 5.74) is 0.738. The van der Waals surface area contributed by atoms with Crippen LogP contribution in [-0.4, -0.2) is 27.1 Å². The van der Waals surface area contributed by atoms with Gasteiger partial charge >= 0.3 is 5.97 Å². The SMILES string of the molecule is CCC(CC)C(C)Nc1ncnc2sc(C(=O)O)c(C)c12. The maximum atomic E-state index is 11.3. The van der Waals surface area contributed by atoms with Crippen LogP contribution in [0.3, 0.4) is 0 Å². The van der Waals surface area contributed by atoms with Crippen molar-refractivity contribution in [2.45, 2.75) is 46.6 Å². The first kappa shape index (κ1) is 15.7. The van der Waals surface area contributed by atoms with Gasteiger partial charge in [-0.1, -0.05) is 26.7 Å². The Labute approximate surface area is 128 Å². The molecule has 2 N–H and O–H groups in total. The number of aromatic nitrogens is 2. The zero-order chi connectivity index (χ0) is 15.6. The fraction of sp³-hybridized carbons (Fsp3) is 0.533. The van der Waals surface area contributed by atoms with Gasteiger partial charge in [-0.2, -0.15) is 0 Å². The van der Waals surface area contributed by atoms with Crippen molar-refractivity contribution in [3.8, 4) is 0 Å². The van der Waals surface area contributed by atoms with E-state index in [1.54, 1.807) is 0 Å². The molecular formula is C15H21N3O2S. The standard InChI is InChI=1S/C15H21N3O2S/c1-5-10(6-2)9(4)18-13-11-8(3)12(15(19)20)21-14(11)17-7-16-13/h7,9-10H,5-6H2,1-4H3,(H,19,20)(H,16,17,18). The minimum Gasteiger partial charge on any atom is -0.477 e. The molecule has 1 unspecified atom stereocenters. The molecule has 114 valence electrons. The van der Waals surface area contributed by atoms with Crippen LogP contribution < -0.4 is 5.32 Å². The van der Waals surface area contributed by atoms with E-state index in [2.05, 4.69) is 36.1 Å². The van der Waals surface area contributed by atoms with Crippen molar-refractivity contribution in [2.24, 2.45) is 5.92 Å². The van der Waals surface area contributed by atoms with Crippen LogP contribution in [0.15, 0.2) is 6.33 Å². The van der Waals surface area contributed by atoms with Gasteiger partial charge in [-0.25, -0.2) is 14.8 Å². The fourth-order valence-corrected chi connectivity index (χ4v) is 3.70. The minimum absolute atomic E-state index is 0.283. The highest BCUT2D eigenvalue weighted by molar-refractivity contribution is 7.20. The summed E-state index contributed by atoms with van der Waals surface area (Å²) in [4.78, 5) is 20.9. The molecule has 0 bridgehead atoms. The van der Waals surface area contributed by atoms with Crippen molar-refractivity contribution in [3.63, 3.8) is 0 Å². The summed E-state index contributed by atoms with van der Waals surface area (Å²) in [7, 11) is 0. The van der Waals surface area contributed by atoms with E-state index in [1.807, 2.05) is 6.92 Å². The van der Waals surface area contributed by atoms with E-state index < -0.39 is 5.97 Å². The Morgan fingerprint density at radius 1 is 1.38 bits per heavy atom. The highest BCUT2D eigenvalue weighted by Gasteiger charge is 2.20. The highest BCUT2D eigenvalue weighted by Crippen LogP contribution is 2.34. The second-order valence-corrected chi connectivity index (χ2v) is 6.27. The third-order valence-corrected chi connectivity index (χ3v) is 5.23. The third kappa shape index (κ3) is 3.00. The number of aromatic carboxylic acids is 1. The highest BCUT2D eigenvalue weighted by atomic mass is 32.1. The lowest BCUT2D eigenvalue weighted by Crippen LogP contribution is -2.25. The first-order chi connectivity index (χ1) is 9.99. The Kier molecular flexibility index (Phi) is 4.77. The molecule has 2 rings (SSSR count). The Balaban J connectivity index is 2.43. The molecule has 0 saturated carbocycles. The zero-order valence-electron chi connectivity index (χ0n) is 12.8. The number of aryl methyl sites for hydroxylation is 1. The van der Waals surface area contributed by atoms with Gasteiger partial charge in [0, 0.05) is 6.04 Å². The van der Waals surface area contributed by atoms with Gasteiger partial charge in [0.1, 0.15) is 21.9 Å². The number of fused-ring (bicyclic) bond motifs is 1. The van der Waals surface area contributed by atoms with Gasteiger partial charge in [-0.05, 0) is 25.3 Å². The molecular weight excluding hydrogens is 286 g/mol. The maximum Gasteiger partial charge on any atom is 0.346 e. The summed E-state index contributed by atoms with van der Waals surface area (Å²) >= 11 is 1.20. The van der Waals surface area contributed by atoms with Crippen molar-refractivity contribution in [3.05, 3.63) is 16.8 Å². The summed E-state index contributed by atoms with van der Waals surface area (Å²) in [6, 6.07) is 0.283. The number of hydrogen-bond donors (Lipinski definition) is 2. The topological polar surface area (TPSA) is 75.1 Å².